The predicted molar refractivity (Wildman–Crippen MR) is 55.1 cm³/mol. The summed E-state index contributed by atoms with van der Waals surface area (Å²) in [6.45, 7) is 2.22. The molecule has 0 spiro atoms. The van der Waals surface area contributed by atoms with E-state index in [1.54, 1.807) is 12.1 Å². The number of carbonyl (C=O) groups is 1. The van der Waals surface area contributed by atoms with Crippen molar-refractivity contribution in [2.45, 2.75) is 19.8 Å². The third-order valence-corrected chi connectivity index (χ3v) is 1.95. The summed E-state index contributed by atoms with van der Waals surface area (Å²) >= 11 is 0. The number of nitrogens with one attached hydrogen (secondary N) is 1. The van der Waals surface area contributed by atoms with Crippen molar-refractivity contribution in [3.8, 4) is 5.75 Å². The highest BCUT2D eigenvalue weighted by Crippen LogP contribution is 2.10. The maximum absolute atomic E-state index is 10.6. The van der Waals surface area contributed by atoms with Gasteiger partial charge in [-0.2, -0.15) is 0 Å². The SMILES string of the molecule is CC(=O)NCCCc1ccc(O)cc1. The van der Waals surface area contributed by atoms with E-state index in [4.69, 9.17) is 5.11 Å². The molecular formula is C11H15NO2. The molecule has 0 bridgehead atoms. The van der Waals surface area contributed by atoms with Crippen LogP contribution in [-0.4, -0.2) is 17.6 Å². The van der Waals surface area contributed by atoms with E-state index in [9.17, 15) is 4.79 Å². The summed E-state index contributed by atoms with van der Waals surface area (Å²) in [6, 6.07) is 7.13. The van der Waals surface area contributed by atoms with Gasteiger partial charge in [0.05, 0.1) is 0 Å². The van der Waals surface area contributed by atoms with Crippen LogP contribution in [0.3, 0.4) is 0 Å². The zero-order valence-corrected chi connectivity index (χ0v) is 8.29. The highest BCUT2D eigenvalue weighted by molar-refractivity contribution is 5.72. The van der Waals surface area contributed by atoms with Gasteiger partial charge in [-0.3, -0.25) is 4.79 Å². The molecule has 2 N–H and O–H groups in total. The van der Waals surface area contributed by atoms with E-state index >= 15 is 0 Å². The van der Waals surface area contributed by atoms with Crippen LogP contribution in [0.25, 0.3) is 0 Å². The summed E-state index contributed by atoms with van der Waals surface area (Å²) in [4.78, 5) is 10.6. The number of benzene rings is 1. The first kappa shape index (κ1) is 10.6. The largest absolute Gasteiger partial charge is 0.508 e. The fourth-order valence-electron chi connectivity index (χ4n) is 1.22. The fraction of sp³-hybridized carbons (Fsp3) is 0.364. The van der Waals surface area contributed by atoms with E-state index in [-0.39, 0.29) is 11.7 Å². The van der Waals surface area contributed by atoms with Crippen molar-refractivity contribution in [3.63, 3.8) is 0 Å². The van der Waals surface area contributed by atoms with Crippen molar-refractivity contribution in [3.05, 3.63) is 29.8 Å². The van der Waals surface area contributed by atoms with Gasteiger partial charge >= 0.3 is 0 Å². The highest BCUT2D eigenvalue weighted by atomic mass is 16.3. The van der Waals surface area contributed by atoms with E-state index in [0.717, 1.165) is 12.8 Å². The Balaban J connectivity index is 2.25. The first-order chi connectivity index (χ1) is 6.68. The van der Waals surface area contributed by atoms with Crippen molar-refractivity contribution < 1.29 is 9.90 Å². The van der Waals surface area contributed by atoms with E-state index in [2.05, 4.69) is 5.32 Å². The summed E-state index contributed by atoms with van der Waals surface area (Å²) in [5.41, 5.74) is 1.17. The lowest BCUT2D eigenvalue weighted by Gasteiger charge is -2.02. The van der Waals surface area contributed by atoms with Crippen molar-refractivity contribution >= 4 is 5.91 Å². The van der Waals surface area contributed by atoms with Crippen LogP contribution in [0.15, 0.2) is 24.3 Å². The Bertz CT molecular complexity index is 293. The minimum absolute atomic E-state index is 0.00991. The number of aryl methyl sites for hydroxylation is 1. The fourth-order valence-corrected chi connectivity index (χ4v) is 1.22. The minimum atomic E-state index is 0.00991. The number of phenols is 1. The Hall–Kier alpha value is -1.51. The Kier molecular flexibility index (Phi) is 3.98. The average Bonchev–Trinajstić information content (AvgIpc) is 2.15. The number of carbonyl (C=O) groups excluding carboxylic acids is 1. The molecule has 0 saturated heterocycles. The molecule has 0 unspecified atom stereocenters. The number of hydrogen-bond acceptors (Lipinski definition) is 2. The van der Waals surface area contributed by atoms with Crippen LogP contribution < -0.4 is 5.32 Å². The third-order valence-electron chi connectivity index (χ3n) is 1.95. The van der Waals surface area contributed by atoms with Gasteiger partial charge in [0.1, 0.15) is 5.75 Å². The second-order valence-corrected chi connectivity index (χ2v) is 3.25. The molecule has 0 atom stereocenters. The highest BCUT2D eigenvalue weighted by Gasteiger charge is 1.94. The Morgan fingerprint density at radius 1 is 1.36 bits per heavy atom. The average molecular weight is 193 g/mol. The van der Waals surface area contributed by atoms with E-state index in [1.807, 2.05) is 12.1 Å². The molecule has 0 aliphatic carbocycles. The second-order valence-electron chi connectivity index (χ2n) is 3.25. The summed E-state index contributed by atoms with van der Waals surface area (Å²) in [7, 11) is 0. The molecule has 0 radical (unpaired) electrons. The van der Waals surface area contributed by atoms with Gasteiger partial charge in [-0.1, -0.05) is 12.1 Å². The molecule has 0 saturated carbocycles. The maximum atomic E-state index is 10.6. The van der Waals surface area contributed by atoms with Crippen LogP contribution in [0.1, 0.15) is 18.9 Å². The molecule has 0 aromatic heterocycles. The topological polar surface area (TPSA) is 49.3 Å². The Morgan fingerprint density at radius 2 is 2.00 bits per heavy atom. The number of rotatable bonds is 4. The van der Waals surface area contributed by atoms with Crippen molar-refractivity contribution in [2.24, 2.45) is 0 Å². The summed E-state index contributed by atoms with van der Waals surface area (Å²) in [5, 5.41) is 11.8. The quantitative estimate of drug-likeness (QED) is 0.711. The van der Waals surface area contributed by atoms with Crippen LogP contribution in [0.2, 0.25) is 0 Å². The summed E-state index contributed by atoms with van der Waals surface area (Å²) in [6.07, 6.45) is 1.84. The Labute approximate surface area is 83.8 Å². The van der Waals surface area contributed by atoms with Gasteiger partial charge in [-0.25, -0.2) is 0 Å². The normalized spacial score (nSPS) is 9.79. The van der Waals surface area contributed by atoms with Gasteiger partial charge in [-0.05, 0) is 30.5 Å². The van der Waals surface area contributed by atoms with Crippen LogP contribution >= 0.6 is 0 Å². The third kappa shape index (κ3) is 3.94. The number of amides is 1. The van der Waals surface area contributed by atoms with E-state index in [0.29, 0.717) is 6.54 Å². The van der Waals surface area contributed by atoms with Crippen LogP contribution in [0.4, 0.5) is 0 Å². The van der Waals surface area contributed by atoms with Gasteiger partial charge in [0.15, 0.2) is 0 Å². The number of hydrogen-bond donors (Lipinski definition) is 2. The van der Waals surface area contributed by atoms with Crippen LogP contribution in [0.5, 0.6) is 5.75 Å². The molecule has 3 nitrogen and oxygen atoms in total. The minimum Gasteiger partial charge on any atom is -0.508 e. The lowest BCUT2D eigenvalue weighted by molar-refractivity contribution is -0.118. The van der Waals surface area contributed by atoms with Crippen LogP contribution in [-0.2, 0) is 11.2 Å². The van der Waals surface area contributed by atoms with Crippen molar-refractivity contribution in [2.75, 3.05) is 6.54 Å². The zero-order chi connectivity index (χ0) is 10.4. The van der Waals surface area contributed by atoms with E-state index in [1.165, 1.54) is 12.5 Å². The summed E-state index contributed by atoms with van der Waals surface area (Å²) in [5.74, 6) is 0.298. The maximum Gasteiger partial charge on any atom is 0.216 e. The molecule has 1 aromatic rings. The molecule has 1 amide bonds. The molecule has 3 heteroatoms. The molecular weight excluding hydrogens is 178 g/mol. The number of aromatic hydroxyl groups is 1. The smallest absolute Gasteiger partial charge is 0.216 e. The van der Waals surface area contributed by atoms with Crippen molar-refractivity contribution in [1.29, 1.82) is 0 Å². The van der Waals surface area contributed by atoms with Gasteiger partial charge in [0, 0.05) is 13.5 Å². The van der Waals surface area contributed by atoms with Gasteiger partial charge in [-0.15, -0.1) is 0 Å². The Morgan fingerprint density at radius 3 is 2.57 bits per heavy atom. The van der Waals surface area contributed by atoms with Crippen molar-refractivity contribution in [1.82, 2.24) is 5.32 Å². The molecule has 0 aliphatic rings. The van der Waals surface area contributed by atoms with Gasteiger partial charge in [0.25, 0.3) is 0 Å². The molecule has 1 aromatic carbocycles. The molecule has 0 aliphatic heterocycles. The molecule has 0 heterocycles. The first-order valence-corrected chi connectivity index (χ1v) is 4.71. The second kappa shape index (κ2) is 5.27. The molecule has 14 heavy (non-hydrogen) atoms. The van der Waals surface area contributed by atoms with Crippen LogP contribution in [0, 0.1) is 0 Å². The lowest BCUT2D eigenvalue weighted by Crippen LogP contribution is -2.21. The standard InChI is InChI=1S/C11H15NO2/c1-9(13)12-8-2-3-10-4-6-11(14)7-5-10/h4-7,14H,2-3,8H2,1H3,(H,12,13). The van der Waals surface area contributed by atoms with E-state index < -0.39 is 0 Å². The first-order valence-electron chi connectivity index (χ1n) is 4.71. The zero-order valence-electron chi connectivity index (χ0n) is 8.29. The van der Waals surface area contributed by atoms with Gasteiger partial charge < -0.3 is 10.4 Å². The number of phenolic OH excluding ortho intramolecular Hbond substituents is 1. The molecule has 0 fully saturated rings. The van der Waals surface area contributed by atoms with Gasteiger partial charge in [0.2, 0.25) is 5.91 Å². The summed E-state index contributed by atoms with van der Waals surface area (Å²) < 4.78 is 0. The molecule has 76 valence electrons. The predicted octanol–water partition coefficient (Wildman–Crippen LogP) is 1.46. The lowest BCUT2D eigenvalue weighted by atomic mass is 10.1. The monoisotopic (exact) mass is 193 g/mol. The molecule has 1 rings (SSSR count).